The predicted molar refractivity (Wildman–Crippen MR) is 123 cm³/mol. The average Bonchev–Trinajstić information content (AvgIpc) is 3.26. The lowest BCUT2D eigenvalue weighted by molar-refractivity contribution is -0.130. The van der Waals surface area contributed by atoms with Gasteiger partial charge >= 0.3 is 0 Å². The third-order valence-electron chi connectivity index (χ3n) is 5.63. The van der Waals surface area contributed by atoms with Crippen molar-refractivity contribution >= 4 is 34.5 Å². The summed E-state index contributed by atoms with van der Waals surface area (Å²) in [5.74, 6) is 0.566. The highest BCUT2D eigenvalue weighted by atomic mass is 35.5. The normalized spacial score (nSPS) is 14.2. The molecule has 2 aromatic heterocycles. The summed E-state index contributed by atoms with van der Waals surface area (Å²) in [6.07, 6.45) is 1.87. The van der Waals surface area contributed by atoms with Crippen molar-refractivity contribution in [1.82, 2.24) is 24.6 Å². The van der Waals surface area contributed by atoms with E-state index in [1.807, 2.05) is 52.3 Å². The zero-order chi connectivity index (χ0) is 22.1. The van der Waals surface area contributed by atoms with Crippen LogP contribution in [0.2, 0.25) is 5.02 Å². The van der Waals surface area contributed by atoms with E-state index in [9.17, 15) is 9.59 Å². The fourth-order valence-electron chi connectivity index (χ4n) is 3.87. The molecular formula is C23H21ClN6O2. The number of hydrogen-bond donors (Lipinski definition) is 1. The van der Waals surface area contributed by atoms with Crippen LogP contribution in [-0.2, 0) is 11.2 Å². The number of nitrogens with zero attached hydrogens (tertiary/aromatic N) is 5. The van der Waals surface area contributed by atoms with Gasteiger partial charge in [0.1, 0.15) is 5.39 Å². The van der Waals surface area contributed by atoms with Gasteiger partial charge in [0.05, 0.1) is 18.3 Å². The quantitative estimate of drug-likeness (QED) is 0.518. The third kappa shape index (κ3) is 3.97. The number of carbonyl (C=O) groups excluding carboxylic acids is 1. The molecule has 9 heteroatoms. The summed E-state index contributed by atoms with van der Waals surface area (Å²) in [6.45, 7) is 2.29. The van der Waals surface area contributed by atoms with Gasteiger partial charge < -0.3 is 9.80 Å². The van der Waals surface area contributed by atoms with E-state index in [0.29, 0.717) is 54.6 Å². The number of halogens is 1. The summed E-state index contributed by atoms with van der Waals surface area (Å²) in [4.78, 5) is 36.7. The van der Waals surface area contributed by atoms with Gasteiger partial charge in [-0.3, -0.25) is 14.6 Å². The minimum Gasteiger partial charge on any atom is -0.339 e. The number of fused-ring (bicyclic) bond motifs is 1. The van der Waals surface area contributed by atoms with Crippen LogP contribution in [0.3, 0.4) is 0 Å². The highest BCUT2D eigenvalue weighted by molar-refractivity contribution is 6.30. The molecule has 1 N–H and O–H groups in total. The van der Waals surface area contributed by atoms with Gasteiger partial charge in [-0.2, -0.15) is 10.1 Å². The number of amides is 1. The fraction of sp³-hybridized carbons (Fsp3) is 0.217. The van der Waals surface area contributed by atoms with E-state index in [2.05, 4.69) is 10.1 Å². The molecule has 0 unspecified atom stereocenters. The lowest BCUT2D eigenvalue weighted by atomic mass is 10.1. The first-order chi connectivity index (χ1) is 15.6. The number of aromatic amines is 1. The Kier molecular flexibility index (Phi) is 5.36. The van der Waals surface area contributed by atoms with Crippen molar-refractivity contribution in [2.24, 2.45) is 0 Å². The Labute approximate surface area is 189 Å². The maximum Gasteiger partial charge on any atom is 0.263 e. The van der Waals surface area contributed by atoms with E-state index in [1.165, 1.54) is 6.20 Å². The summed E-state index contributed by atoms with van der Waals surface area (Å²) in [7, 11) is 0. The number of H-pyrrole nitrogens is 1. The minimum atomic E-state index is -0.228. The smallest absolute Gasteiger partial charge is 0.263 e. The van der Waals surface area contributed by atoms with Crippen molar-refractivity contribution in [3.63, 3.8) is 0 Å². The van der Waals surface area contributed by atoms with Gasteiger partial charge in [-0.15, -0.1) is 0 Å². The Balaban J connectivity index is 1.32. The number of hydrogen-bond acceptors (Lipinski definition) is 5. The Morgan fingerprint density at radius 1 is 1.00 bits per heavy atom. The molecular weight excluding hydrogens is 428 g/mol. The zero-order valence-electron chi connectivity index (χ0n) is 17.2. The molecule has 5 rings (SSSR count). The van der Waals surface area contributed by atoms with Gasteiger partial charge in [0.25, 0.3) is 5.56 Å². The van der Waals surface area contributed by atoms with E-state index in [0.717, 1.165) is 11.3 Å². The van der Waals surface area contributed by atoms with Crippen LogP contribution in [0, 0.1) is 0 Å². The van der Waals surface area contributed by atoms with Crippen LogP contribution in [0.1, 0.15) is 5.56 Å². The van der Waals surface area contributed by atoms with Crippen molar-refractivity contribution in [2.45, 2.75) is 6.42 Å². The van der Waals surface area contributed by atoms with Crippen molar-refractivity contribution in [3.05, 3.63) is 81.7 Å². The molecule has 1 saturated heterocycles. The van der Waals surface area contributed by atoms with Crippen LogP contribution in [-0.4, -0.2) is 56.7 Å². The highest BCUT2D eigenvalue weighted by Crippen LogP contribution is 2.18. The Morgan fingerprint density at radius 3 is 2.44 bits per heavy atom. The molecule has 1 aliphatic heterocycles. The molecule has 1 amide bonds. The third-order valence-corrected chi connectivity index (χ3v) is 5.88. The minimum absolute atomic E-state index is 0.0750. The van der Waals surface area contributed by atoms with Crippen molar-refractivity contribution in [2.75, 3.05) is 31.1 Å². The lowest BCUT2D eigenvalue weighted by Gasteiger charge is -2.35. The molecule has 162 valence electrons. The summed E-state index contributed by atoms with van der Waals surface area (Å²) in [6, 6.07) is 16.9. The van der Waals surface area contributed by atoms with E-state index < -0.39 is 0 Å². The van der Waals surface area contributed by atoms with Crippen molar-refractivity contribution in [1.29, 1.82) is 0 Å². The van der Waals surface area contributed by atoms with Gasteiger partial charge in [0.2, 0.25) is 11.9 Å². The zero-order valence-corrected chi connectivity index (χ0v) is 18.0. The Bertz CT molecular complexity index is 1310. The number of nitrogens with one attached hydrogen (secondary N) is 1. The molecule has 8 nitrogen and oxygen atoms in total. The number of benzene rings is 2. The first-order valence-electron chi connectivity index (χ1n) is 10.4. The molecule has 0 aliphatic carbocycles. The topological polar surface area (TPSA) is 87.1 Å². The van der Waals surface area contributed by atoms with Crippen LogP contribution >= 0.6 is 11.6 Å². The summed E-state index contributed by atoms with van der Waals surface area (Å²) < 4.78 is 1.67. The summed E-state index contributed by atoms with van der Waals surface area (Å²) >= 11 is 5.92. The second-order valence-corrected chi connectivity index (χ2v) is 8.13. The number of para-hydroxylation sites is 1. The van der Waals surface area contributed by atoms with Gasteiger partial charge in [-0.25, -0.2) is 4.68 Å². The monoisotopic (exact) mass is 448 g/mol. The molecule has 32 heavy (non-hydrogen) atoms. The number of carbonyl (C=O) groups is 1. The SMILES string of the molecule is O=C(Cc1ccc(Cl)cc1)N1CCN(c2nc3c(cnn3-c3ccccc3)c(=O)[nH]2)CC1. The Morgan fingerprint density at radius 2 is 1.72 bits per heavy atom. The molecule has 1 aliphatic rings. The number of rotatable bonds is 4. The van der Waals surface area contributed by atoms with Gasteiger partial charge in [-0.1, -0.05) is 41.9 Å². The fourth-order valence-corrected chi connectivity index (χ4v) is 4.00. The molecule has 4 aromatic rings. The lowest BCUT2D eigenvalue weighted by Crippen LogP contribution is -2.50. The molecule has 0 saturated carbocycles. The number of piperazine rings is 1. The molecule has 3 heterocycles. The maximum atomic E-state index is 12.7. The summed E-state index contributed by atoms with van der Waals surface area (Å²) in [5.41, 5.74) is 2.06. The van der Waals surface area contributed by atoms with Crippen LogP contribution in [0.15, 0.2) is 65.6 Å². The average molecular weight is 449 g/mol. The molecule has 1 fully saturated rings. The van der Waals surface area contributed by atoms with E-state index in [1.54, 1.807) is 16.8 Å². The standard InChI is InChI=1S/C23H21ClN6O2/c24-17-8-6-16(7-9-17)14-20(31)28-10-12-29(13-11-28)23-26-21-19(22(32)27-23)15-25-30(21)18-4-2-1-3-5-18/h1-9,15H,10-14H2,(H,26,27,32). The maximum absolute atomic E-state index is 12.7. The second kappa shape index (κ2) is 8.47. The van der Waals surface area contributed by atoms with Crippen LogP contribution < -0.4 is 10.5 Å². The van der Waals surface area contributed by atoms with E-state index in [-0.39, 0.29) is 11.5 Å². The van der Waals surface area contributed by atoms with Crippen LogP contribution in [0.5, 0.6) is 0 Å². The largest absolute Gasteiger partial charge is 0.339 e. The van der Waals surface area contributed by atoms with Gasteiger partial charge in [0, 0.05) is 31.2 Å². The van der Waals surface area contributed by atoms with Crippen molar-refractivity contribution in [3.8, 4) is 5.69 Å². The van der Waals surface area contributed by atoms with Crippen LogP contribution in [0.25, 0.3) is 16.7 Å². The van der Waals surface area contributed by atoms with E-state index >= 15 is 0 Å². The van der Waals surface area contributed by atoms with Crippen molar-refractivity contribution < 1.29 is 4.79 Å². The predicted octanol–water partition coefficient (Wildman–Crippen LogP) is 2.65. The molecule has 0 radical (unpaired) electrons. The molecule has 0 spiro atoms. The second-order valence-electron chi connectivity index (χ2n) is 7.69. The number of anilines is 1. The molecule has 2 aromatic carbocycles. The highest BCUT2D eigenvalue weighted by Gasteiger charge is 2.23. The molecule has 0 bridgehead atoms. The van der Waals surface area contributed by atoms with Gasteiger partial charge in [-0.05, 0) is 29.8 Å². The first kappa shape index (κ1) is 20.3. The summed E-state index contributed by atoms with van der Waals surface area (Å²) in [5, 5.41) is 5.44. The van der Waals surface area contributed by atoms with E-state index in [4.69, 9.17) is 16.6 Å². The van der Waals surface area contributed by atoms with Crippen LogP contribution in [0.4, 0.5) is 5.95 Å². The number of aromatic nitrogens is 4. The first-order valence-corrected chi connectivity index (χ1v) is 10.8. The Hall–Kier alpha value is -3.65. The van der Waals surface area contributed by atoms with Gasteiger partial charge in [0.15, 0.2) is 5.65 Å². The molecule has 0 atom stereocenters.